The third kappa shape index (κ3) is 4.78. The van der Waals surface area contributed by atoms with Gasteiger partial charge in [0.2, 0.25) is 0 Å². The van der Waals surface area contributed by atoms with E-state index in [2.05, 4.69) is 18.9 Å². The molecule has 0 aliphatic rings. The molecule has 2 atom stereocenters. The monoisotopic (exact) mass is 273 g/mol. The minimum Gasteiger partial charge on any atom is -0.328 e. The van der Waals surface area contributed by atoms with Crippen molar-refractivity contribution in [2.24, 2.45) is 5.73 Å². The Morgan fingerprint density at radius 3 is 2.67 bits per heavy atom. The van der Waals surface area contributed by atoms with Gasteiger partial charge in [0.25, 0.3) is 0 Å². The maximum atomic E-state index is 11.8. The molecule has 0 fully saturated rings. The van der Waals surface area contributed by atoms with Crippen LogP contribution in [0.15, 0.2) is 12.3 Å². The van der Waals surface area contributed by atoms with E-state index in [1.807, 2.05) is 17.8 Å². The summed E-state index contributed by atoms with van der Waals surface area (Å²) in [6.45, 7) is 5.94. The van der Waals surface area contributed by atoms with E-state index in [1.54, 1.807) is 6.07 Å². The summed E-state index contributed by atoms with van der Waals surface area (Å²) < 4.78 is 25.5. The highest BCUT2D eigenvalue weighted by Gasteiger charge is 2.15. The summed E-state index contributed by atoms with van der Waals surface area (Å²) in [6.07, 6.45) is 3.30. The zero-order valence-corrected chi connectivity index (χ0v) is 12.2. The Kier molecular flexibility index (Phi) is 5.34. The van der Waals surface area contributed by atoms with Crippen molar-refractivity contribution in [1.29, 1.82) is 0 Å². The van der Waals surface area contributed by atoms with Crippen molar-refractivity contribution in [3.8, 4) is 0 Å². The van der Waals surface area contributed by atoms with Gasteiger partial charge in [-0.05, 0) is 32.8 Å². The standard InChI is InChI=1S/C12H23N3O2S/c1-4-11(3)15-7-5-12(14-15)9-18(16,17)8-6-10(2)13/h5,7,10-11H,4,6,8-9,13H2,1-3H3. The highest BCUT2D eigenvalue weighted by Crippen LogP contribution is 2.11. The van der Waals surface area contributed by atoms with Crippen LogP contribution >= 0.6 is 0 Å². The van der Waals surface area contributed by atoms with Crippen molar-refractivity contribution in [1.82, 2.24) is 9.78 Å². The maximum Gasteiger partial charge on any atom is 0.156 e. The van der Waals surface area contributed by atoms with Gasteiger partial charge in [-0.2, -0.15) is 5.10 Å². The topological polar surface area (TPSA) is 78.0 Å². The van der Waals surface area contributed by atoms with Crippen molar-refractivity contribution in [3.63, 3.8) is 0 Å². The third-order valence-electron chi connectivity index (χ3n) is 2.96. The van der Waals surface area contributed by atoms with Gasteiger partial charge in [-0.1, -0.05) is 6.92 Å². The number of rotatable bonds is 7. The molecule has 104 valence electrons. The molecule has 0 bridgehead atoms. The van der Waals surface area contributed by atoms with Crippen LogP contribution in [0, 0.1) is 0 Å². The van der Waals surface area contributed by atoms with Crippen molar-refractivity contribution >= 4 is 9.84 Å². The SMILES string of the molecule is CCC(C)n1ccc(CS(=O)(=O)CCC(C)N)n1. The molecule has 2 N–H and O–H groups in total. The van der Waals surface area contributed by atoms with E-state index in [-0.39, 0.29) is 17.5 Å². The molecule has 1 aromatic rings. The highest BCUT2D eigenvalue weighted by atomic mass is 32.2. The number of hydrogen-bond donors (Lipinski definition) is 1. The average Bonchev–Trinajstić information content (AvgIpc) is 2.73. The number of nitrogens with zero attached hydrogens (tertiary/aromatic N) is 2. The van der Waals surface area contributed by atoms with Gasteiger partial charge in [0, 0.05) is 18.3 Å². The fourth-order valence-corrected chi connectivity index (χ4v) is 3.03. The summed E-state index contributed by atoms with van der Waals surface area (Å²) in [6, 6.07) is 1.98. The lowest BCUT2D eigenvalue weighted by molar-refractivity contribution is 0.474. The molecular formula is C12H23N3O2S. The second-order valence-corrected chi connectivity index (χ2v) is 7.09. The van der Waals surface area contributed by atoms with Gasteiger partial charge in [0.05, 0.1) is 17.2 Å². The molecule has 0 radical (unpaired) electrons. The zero-order valence-electron chi connectivity index (χ0n) is 11.3. The van der Waals surface area contributed by atoms with Crippen molar-refractivity contribution in [2.75, 3.05) is 5.75 Å². The third-order valence-corrected chi connectivity index (χ3v) is 4.55. The molecule has 5 nitrogen and oxygen atoms in total. The Morgan fingerprint density at radius 1 is 1.44 bits per heavy atom. The molecule has 0 aliphatic carbocycles. The smallest absolute Gasteiger partial charge is 0.156 e. The first-order valence-corrected chi connectivity index (χ1v) is 8.16. The maximum absolute atomic E-state index is 11.8. The molecular weight excluding hydrogens is 250 g/mol. The van der Waals surface area contributed by atoms with E-state index in [1.165, 1.54) is 0 Å². The first kappa shape index (κ1) is 15.2. The van der Waals surface area contributed by atoms with Gasteiger partial charge in [-0.15, -0.1) is 0 Å². The molecule has 0 amide bonds. The van der Waals surface area contributed by atoms with Crippen molar-refractivity contribution in [3.05, 3.63) is 18.0 Å². The molecule has 0 saturated carbocycles. The minimum absolute atomic E-state index is 0.00313. The van der Waals surface area contributed by atoms with Gasteiger partial charge in [-0.25, -0.2) is 8.42 Å². The number of hydrogen-bond acceptors (Lipinski definition) is 4. The summed E-state index contributed by atoms with van der Waals surface area (Å²) in [5, 5.41) is 4.30. The molecule has 1 rings (SSSR count). The first-order chi connectivity index (χ1) is 8.34. The van der Waals surface area contributed by atoms with E-state index in [0.29, 0.717) is 18.2 Å². The Hall–Kier alpha value is -0.880. The van der Waals surface area contributed by atoms with Gasteiger partial charge in [0.1, 0.15) is 0 Å². The van der Waals surface area contributed by atoms with E-state index in [9.17, 15) is 8.42 Å². The second-order valence-electron chi connectivity index (χ2n) is 4.90. The Morgan fingerprint density at radius 2 is 2.11 bits per heavy atom. The number of sulfone groups is 1. The van der Waals surface area contributed by atoms with E-state index < -0.39 is 9.84 Å². The summed E-state index contributed by atoms with van der Waals surface area (Å²) in [7, 11) is -3.10. The number of aromatic nitrogens is 2. The largest absolute Gasteiger partial charge is 0.328 e. The van der Waals surface area contributed by atoms with Gasteiger partial charge in [0.15, 0.2) is 9.84 Å². The fraction of sp³-hybridized carbons (Fsp3) is 0.750. The van der Waals surface area contributed by atoms with Crippen LogP contribution in [0.3, 0.4) is 0 Å². The van der Waals surface area contributed by atoms with E-state index in [4.69, 9.17) is 5.73 Å². The second kappa shape index (κ2) is 6.33. The summed E-state index contributed by atoms with van der Waals surface area (Å²) >= 11 is 0. The predicted octanol–water partition coefficient (Wildman–Crippen LogP) is 1.51. The van der Waals surface area contributed by atoms with Crippen molar-refractivity contribution in [2.45, 2.75) is 51.4 Å². The average molecular weight is 273 g/mol. The highest BCUT2D eigenvalue weighted by molar-refractivity contribution is 7.90. The van der Waals surface area contributed by atoms with Gasteiger partial charge in [-0.3, -0.25) is 4.68 Å². The van der Waals surface area contributed by atoms with Gasteiger partial charge < -0.3 is 5.73 Å². The lowest BCUT2D eigenvalue weighted by Crippen LogP contribution is -2.21. The molecule has 2 unspecified atom stereocenters. The quantitative estimate of drug-likeness (QED) is 0.816. The zero-order chi connectivity index (χ0) is 13.8. The Bertz CT molecular complexity index is 465. The lowest BCUT2D eigenvalue weighted by Gasteiger charge is -2.08. The van der Waals surface area contributed by atoms with E-state index >= 15 is 0 Å². The molecule has 1 heterocycles. The molecule has 0 aliphatic heterocycles. The van der Waals surface area contributed by atoms with Crippen LogP contribution < -0.4 is 5.73 Å². The molecule has 6 heteroatoms. The van der Waals surface area contributed by atoms with Crippen LogP contribution in [0.4, 0.5) is 0 Å². The van der Waals surface area contributed by atoms with Crippen LogP contribution in [0.2, 0.25) is 0 Å². The predicted molar refractivity (Wildman–Crippen MR) is 73.0 cm³/mol. The molecule has 0 spiro atoms. The lowest BCUT2D eigenvalue weighted by atomic mass is 10.3. The Labute approximate surface area is 109 Å². The van der Waals surface area contributed by atoms with Crippen molar-refractivity contribution < 1.29 is 8.42 Å². The van der Waals surface area contributed by atoms with Crippen LogP contribution in [0.5, 0.6) is 0 Å². The minimum atomic E-state index is -3.10. The molecule has 18 heavy (non-hydrogen) atoms. The van der Waals surface area contributed by atoms with Crippen LogP contribution in [0.25, 0.3) is 0 Å². The van der Waals surface area contributed by atoms with E-state index in [0.717, 1.165) is 6.42 Å². The summed E-state index contributed by atoms with van der Waals surface area (Å²) in [4.78, 5) is 0. The van der Waals surface area contributed by atoms with Crippen LogP contribution in [0.1, 0.15) is 45.3 Å². The number of nitrogens with two attached hydrogens (primary N) is 1. The first-order valence-electron chi connectivity index (χ1n) is 6.34. The van der Waals surface area contributed by atoms with Crippen LogP contribution in [-0.2, 0) is 15.6 Å². The molecule has 0 saturated heterocycles. The molecule has 0 aromatic carbocycles. The fourth-order valence-electron chi connectivity index (χ4n) is 1.55. The molecule has 1 aromatic heterocycles. The summed E-state index contributed by atoms with van der Waals surface area (Å²) in [5.74, 6) is 0.129. The van der Waals surface area contributed by atoms with Crippen LogP contribution in [-0.4, -0.2) is 30.0 Å². The Balaban J connectivity index is 2.64. The normalized spacial score (nSPS) is 15.6. The summed E-state index contributed by atoms with van der Waals surface area (Å²) in [5.41, 5.74) is 6.18. The van der Waals surface area contributed by atoms with Gasteiger partial charge >= 0.3 is 0 Å².